The molecule has 0 spiro atoms. The highest BCUT2D eigenvalue weighted by Gasteiger charge is 2.13. The number of aryl methyl sites for hydroxylation is 1. The molecule has 0 aliphatic rings. The predicted molar refractivity (Wildman–Crippen MR) is 71.2 cm³/mol. The summed E-state index contributed by atoms with van der Waals surface area (Å²) in [6.07, 6.45) is 0. The lowest BCUT2D eigenvalue weighted by Gasteiger charge is -2.06. The summed E-state index contributed by atoms with van der Waals surface area (Å²) in [4.78, 5) is 3.30. The molecule has 0 aliphatic heterocycles. The van der Waals surface area contributed by atoms with Crippen molar-refractivity contribution in [1.29, 1.82) is 0 Å². The van der Waals surface area contributed by atoms with Crippen LogP contribution in [-0.2, 0) is 0 Å². The maximum absolute atomic E-state index is 13.8. The molecule has 0 atom stereocenters. The van der Waals surface area contributed by atoms with Crippen molar-refractivity contribution in [2.75, 3.05) is 0 Å². The van der Waals surface area contributed by atoms with Crippen molar-refractivity contribution in [2.24, 2.45) is 4.99 Å². The molecule has 0 radical (unpaired) electrons. The predicted octanol–water partition coefficient (Wildman–Crippen LogP) is 4.81. The SMILES string of the molecule is Cc1ccc(-c2cc(F)c(N=C=S)c(F)c2)c(F)c1. The largest absolute Gasteiger partial charge is 0.206 e. The van der Waals surface area contributed by atoms with Crippen LogP contribution in [0.5, 0.6) is 0 Å². The van der Waals surface area contributed by atoms with Gasteiger partial charge in [-0.1, -0.05) is 12.1 Å². The number of hydrogen-bond donors (Lipinski definition) is 0. The van der Waals surface area contributed by atoms with Gasteiger partial charge in [-0.05, 0) is 48.5 Å². The molecule has 2 aromatic rings. The van der Waals surface area contributed by atoms with E-state index in [0.29, 0.717) is 0 Å². The maximum atomic E-state index is 13.8. The van der Waals surface area contributed by atoms with E-state index in [2.05, 4.69) is 17.2 Å². The van der Waals surface area contributed by atoms with Gasteiger partial charge in [-0.25, -0.2) is 13.2 Å². The lowest BCUT2D eigenvalue weighted by atomic mass is 10.0. The zero-order valence-electron chi connectivity index (χ0n) is 9.88. The zero-order valence-corrected chi connectivity index (χ0v) is 10.7. The smallest absolute Gasteiger partial charge is 0.153 e. The lowest BCUT2D eigenvalue weighted by Crippen LogP contribution is -1.90. The molecule has 2 aromatic carbocycles. The first-order valence-electron chi connectivity index (χ1n) is 5.36. The van der Waals surface area contributed by atoms with E-state index in [0.717, 1.165) is 17.7 Å². The fourth-order valence-electron chi connectivity index (χ4n) is 1.73. The van der Waals surface area contributed by atoms with Gasteiger partial charge >= 0.3 is 0 Å². The number of thiocarbonyl (C=S) groups is 1. The van der Waals surface area contributed by atoms with Crippen LogP contribution >= 0.6 is 12.2 Å². The van der Waals surface area contributed by atoms with Gasteiger partial charge in [0.25, 0.3) is 0 Å². The monoisotopic (exact) mass is 279 g/mol. The van der Waals surface area contributed by atoms with Gasteiger partial charge in [-0.3, -0.25) is 0 Å². The van der Waals surface area contributed by atoms with Crippen LogP contribution in [0.4, 0.5) is 18.9 Å². The van der Waals surface area contributed by atoms with E-state index in [1.807, 2.05) is 5.16 Å². The van der Waals surface area contributed by atoms with Crippen LogP contribution in [0, 0.1) is 24.4 Å². The Morgan fingerprint density at radius 2 is 1.63 bits per heavy atom. The third-order valence-corrected chi connectivity index (χ3v) is 2.70. The molecule has 0 unspecified atom stereocenters. The first-order chi connectivity index (χ1) is 9.02. The second-order valence-electron chi connectivity index (χ2n) is 3.97. The second-order valence-corrected chi connectivity index (χ2v) is 4.16. The average molecular weight is 279 g/mol. The van der Waals surface area contributed by atoms with Crippen LogP contribution in [-0.4, -0.2) is 5.16 Å². The number of rotatable bonds is 2. The van der Waals surface area contributed by atoms with Crippen molar-refractivity contribution >= 4 is 23.1 Å². The second kappa shape index (κ2) is 5.34. The van der Waals surface area contributed by atoms with Crippen molar-refractivity contribution in [3.8, 4) is 11.1 Å². The molecular formula is C14H8F3NS. The maximum Gasteiger partial charge on any atom is 0.153 e. The highest BCUT2D eigenvalue weighted by molar-refractivity contribution is 7.78. The van der Waals surface area contributed by atoms with E-state index < -0.39 is 23.1 Å². The van der Waals surface area contributed by atoms with Gasteiger partial charge in [0.1, 0.15) is 11.5 Å². The molecule has 0 aliphatic carbocycles. The normalized spacial score (nSPS) is 10.1. The molecule has 0 bridgehead atoms. The molecule has 0 N–H and O–H groups in total. The van der Waals surface area contributed by atoms with Crippen molar-refractivity contribution in [3.63, 3.8) is 0 Å². The number of halogens is 3. The highest BCUT2D eigenvalue weighted by atomic mass is 32.1. The summed E-state index contributed by atoms with van der Waals surface area (Å²) in [5, 5.41) is 1.90. The minimum Gasteiger partial charge on any atom is -0.206 e. The minimum absolute atomic E-state index is 0.107. The molecule has 1 nitrogen and oxygen atoms in total. The van der Waals surface area contributed by atoms with Gasteiger partial charge in [0, 0.05) is 5.56 Å². The van der Waals surface area contributed by atoms with Gasteiger partial charge in [0.05, 0.1) is 5.16 Å². The van der Waals surface area contributed by atoms with E-state index in [1.54, 1.807) is 13.0 Å². The Morgan fingerprint density at radius 3 is 2.16 bits per heavy atom. The number of nitrogens with zero attached hydrogens (tertiary/aromatic N) is 1. The van der Waals surface area contributed by atoms with Crippen molar-refractivity contribution < 1.29 is 13.2 Å². The van der Waals surface area contributed by atoms with E-state index in [4.69, 9.17) is 0 Å². The van der Waals surface area contributed by atoms with E-state index in [1.165, 1.54) is 12.1 Å². The summed E-state index contributed by atoms with van der Waals surface area (Å²) in [5.41, 5.74) is 0.437. The van der Waals surface area contributed by atoms with Crippen LogP contribution in [0.25, 0.3) is 11.1 Å². The third-order valence-electron chi connectivity index (χ3n) is 2.61. The average Bonchev–Trinajstić information content (AvgIpc) is 2.33. The van der Waals surface area contributed by atoms with Gasteiger partial charge in [0.15, 0.2) is 11.6 Å². The standard InChI is InChI=1S/C14H8F3NS/c1-8-2-3-10(11(15)4-8)9-5-12(16)14(18-7-19)13(17)6-9/h2-6H,1H3. The third kappa shape index (κ3) is 2.72. The molecule has 0 fully saturated rings. The molecule has 0 saturated heterocycles. The molecule has 0 aromatic heterocycles. The Bertz CT molecular complexity index is 668. The number of aliphatic imine (C=N–C) groups is 1. The van der Waals surface area contributed by atoms with Crippen molar-refractivity contribution in [1.82, 2.24) is 0 Å². The Morgan fingerprint density at radius 1 is 1.00 bits per heavy atom. The Kier molecular flexibility index (Phi) is 3.79. The zero-order chi connectivity index (χ0) is 14.0. The van der Waals surface area contributed by atoms with Crippen LogP contribution in [0.3, 0.4) is 0 Å². The van der Waals surface area contributed by atoms with E-state index in [9.17, 15) is 13.2 Å². The number of benzene rings is 2. The Hall–Kier alpha value is -1.97. The Balaban J connectivity index is 2.61. The van der Waals surface area contributed by atoms with Crippen LogP contribution in [0.15, 0.2) is 35.3 Å². The van der Waals surface area contributed by atoms with Gasteiger partial charge in [-0.15, -0.1) is 0 Å². The van der Waals surface area contributed by atoms with Crippen LogP contribution in [0.2, 0.25) is 0 Å². The summed E-state index contributed by atoms with van der Waals surface area (Å²) >= 11 is 4.30. The first kappa shape index (κ1) is 13.5. The summed E-state index contributed by atoms with van der Waals surface area (Å²) in [6, 6.07) is 6.47. The summed E-state index contributed by atoms with van der Waals surface area (Å²) in [6.45, 7) is 1.73. The van der Waals surface area contributed by atoms with Gasteiger partial charge < -0.3 is 0 Å². The molecule has 2 rings (SSSR count). The summed E-state index contributed by atoms with van der Waals surface area (Å²) in [7, 11) is 0. The Labute approximate surface area is 113 Å². The molecule has 96 valence electrons. The molecule has 19 heavy (non-hydrogen) atoms. The topological polar surface area (TPSA) is 12.4 Å². The first-order valence-corrected chi connectivity index (χ1v) is 5.77. The van der Waals surface area contributed by atoms with Gasteiger partial charge in [-0.2, -0.15) is 4.99 Å². The number of hydrogen-bond acceptors (Lipinski definition) is 2. The molecule has 0 heterocycles. The highest BCUT2D eigenvalue weighted by Crippen LogP contribution is 2.30. The van der Waals surface area contributed by atoms with E-state index >= 15 is 0 Å². The molecule has 0 amide bonds. The molecule has 0 saturated carbocycles. The summed E-state index contributed by atoms with van der Waals surface area (Å²) in [5.74, 6) is -2.36. The van der Waals surface area contributed by atoms with E-state index in [-0.39, 0.29) is 11.1 Å². The number of isothiocyanates is 1. The van der Waals surface area contributed by atoms with Crippen molar-refractivity contribution in [2.45, 2.75) is 6.92 Å². The summed E-state index contributed by atoms with van der Waals surface area (Å²) < 4.78 is 41.1. The lowest BCUT2D eigenvalue weighted by molar-refractivity contribution is 0.588. The fraction of sp³-hybridized carbons (Fsp3) is 0.0714. The van der Waals surface area contributed by atoms with Gasteiger partial charge in [0.2, 0.25) is 0 Å². The fourth-order valence-corrected chi connectivity index (χ4v) is 1.82. The van der Waals surface area contributed by atoms with Crippen LogP contribution in [0.1, 0.15) is 5.56 Å². The van der Waals surface area contributed by atoms with Crippen LogP contribution < -0.4 is 0 Å². The molecular weight excluding hydrogens is 271 g/mol. The quantitative estimate of drug-likeness (QED) is 0.567. The minimum atomic E-state index is -0.910. The molecule has 5 heteroatoms. The van der Waals surface area contributed by atoms with Crippen molar-refractivity contribution in [3.05, 3.63) is 53.3 Å².